The Morgan fingerprint density at radius 2 is 1.58 bits per heavy atom. The van der Waals surface area contributed by atoms with Crippen LogP contribution < -0.4 is 5.32 Å². The van der Waals surface area contributed by atoms with Crippen LogP contribution in [0.15, 0.2) is 91.0 Å². The maximum Gasteiger partial charge on any atom is 0.242 e. The monoisotopic (exact) mass is 518 g/mol. The Morgan fingerprint density at radius 1 is 0.861 bits per heavy atom. The van der Waals surface area contributed by atoms with Crippen molar-refractivity contribution in [1.82, 2.24) is 10.2 Å². The van der Waals surface area contributed by atoms with Crippen LogP contribution >= 0.6 is 23.2 Å². The lowest BCUT2D eigenvalue weighted by molar-refractivity contribution is -0.141. The van der Waals surface area contributed by atoms with Gasteiger partial charge in [0.25, 0.3) is 0 Å². The molecule has 0 aliphatic heterocycles. The van der Waals surface area contributed by atoms with E-state index in [1.165, 1.54) is 0 Å². The van der Waals surface area contributed by atoms with Crippen molar-refractivity contribution in [2.45, 2.75) is 31.8 Å². The molecule has 1 atom stereocenters. The summed E-state index contributed by atoms with van der Waals surface area (Å²) in [4.78, 5) is 28.5. The van der Waals surface area contributed by atoms with Gasteiger partial charge in [-0.25, -0.2) is 0 Å². The van der Waals surface area contributed by atoms with Gasteiger partial charge in [-0.2, -0.15) is 0 Å². The van der Waals surface area contributed by atoms with Crippen molar-refractivity contribution in [1.29, 1.82) is 0 Å². The number of benzene rings is 4. The van der Waals surface area contributed by atoms with Crippen molar-refractivity contribution >= 4 is 45.8 Å². The van der Waals surface area contributed by atoms with E-state index in [1.54, 1.807) is 30.1 Å². The number of fused-ring (bicyclic) bond motifs is 1. The van der Waals surface area contributed by atoms with Gasteiger partial charge in [0.1, 0.15) is 6.04 Å². The van der Waals surface area contributed by atoms with E-state index >= 15 is 0 Å². The second-order valence-corrected chi connectivity index (χ2v) is 9.56. The predicted octanol–water partition coefficient (Wildman–Crippen LogP) is 6.47. The first kappa shape index (κ1) is 25.7. The van der Waals surface area contributed by atoms with Crippen molar-refractivity contribution < 1.29 is 9.59 Å². The molecule has 0 radical (unpaired) electrons. The summed E-state index contributed by atoms with van der Waals surface area (Å²) >= 11 is 12.6. The fraction of sp³-hybridized carbons (Fsp3) is 0.200. The molecule has 0 bridgehead atoms. The topological polar surface area (TPSA) is 49.4 Å². The van der Waals surface area contributed by atoms with Crippen molar-refractivity contribution in [2.24, 2.45) is 0 Å². The van der Waals surface area contributed by atoms with Crippen molar-refractivity contribution in [3.8, 4) is 0 Å². The summed E-state index contributed by atoms with van der Waals surface area (Å²) in [5.74, 6) is -0.332. The van der Waals surface area contributed by atoms with Gasteiger partial charge in [0, 0.05) is 36.5 Å². The van der Waals surface area contributed by atoms with E-state index in [1.807, 2.05) is 48.5 Å². The molecule has 4 aromatic carbocycles. The van der Waals surface area contributed by atoms with E-state index in [0.717, 1.165) is 27.5 Å². The summed E-state index contributed by atoms with van der Waals surface area (Å²) in [6.45, 7) is 0.204. The van der Waals surface area contributed by atoms with Gasteiger partial charge >= 0.3 is 0 Å². The normalized spacial score (nSPS) is 11.8. The summed E-state index contributed by atoms with van der Waals surface area (Å²) in [6.07, 6.45) is 1.23. The Labute approximate surface area is 221 Å². The van der Waals surface area contributed by atoms with Crippen LogP contribution in [0.1, 0.15) is 23.1 Å². The summed E-state index contributed by atoms with van der Waals surface area (Å²) < 4.78 is 0. The maximum atomic E-state index is 13.8. The quantitative estimate of drug-likeness (QED) is 0.276. The molecule has 6 heteroatoms. The van der Waals surface area contributed by atoms with Gasteiger partial charge in [-0.15, -0.1) is 0 Å². The van der Waals surface area contributed by atoms with E-state index in [4.69, 9.17) is 23.2 Å². The lowest BCUT2D eigenvalue weighted by atomic mass is 9.99. The van der Waals surface area contributed by atoms with Crippen LogP contribution in [0.25, 0.3) is 10.8 Å². The molecule has 4 rings (SSSR count). The number of carbonyl (C=O) groups excluding carboxylic acids is 2. The van der Waals surface area contributed by atoms with E-state index in [-0.39, 0.29) is 24.8 Å². The van der Waals surface area contributed by atoms with Gasteiger partial charge in [-0.05, 0) is 46.0 Å². The second-order valence-electron chi connectivity index (χ2n) is 8.72. The number of carbonyl (C=O) groups is 2. The van der Waals surface area contributed by atoms with Crippen LogP contribution in [-0.2, 0) is 29.0 Å². The first-order chi connectivity index (χ1) is 17.5. The van der Waals surface area contributed by atoms with Gasteiger partial charge in [0.15, 0.2) is 0 Å². The van der Waals surface area contributed by atoms with Crippen LogP contribution in [0.5, 0.6) is 0 Å². The minimum atomic E-state index is -0.691. The smallest absolute Gasteiger partial charge is 0.242 e. The number of likely N-dealkylation sites (N-methyl/N-ethyl adjacent to an activating group) is 1. The maximum absolute atomic E-state index is 13.8. The number of nitrogens with one attached hydrogen (secondary N) is 1. The molecule has 0 aliphatic carbocycles. The molecule has 0 fully saturated rings. The lowest BCUT2D eigenvalue weighted by Gasteiger charge is -2.31. The van der Waals surface area contributed by atoms with Gasteiger partial charge in [-0.1, -0.05) is 102 Å². The summed E-state index contributed by atoms with van der Waals surface area (Å²) in [6, 6.07) is 28.5. The Hall–Kier alpha value is -3.34. The van der Waals surface area contributed by atoms with Crippen LogP contribution in [0.3, 0.4) is 0 Å². The van der Waals surface area contributed by atoms with Crippen molar-refractivity contribution in [3.05, 3.63) is 118 Å². The molecule has 2 amide bonds. The molecule has 0 unspecified atom stereocenters. The zero-order chi connectivity index (χ0) is 25.5. The molecule has 36 heavy (non-hydrogen) atoms. The molecule has 4 nitrogen and oxygen atoms in total. The minimum Gasteiger partial charge on any atom is -0.357 e. The molecule has 0 aromatic heterocycles. The number of halogens is 2. The molecule has 184 valence electrons. The number of rotatable bonds is 9. The second kappa shape index (κ2) is 12.1. The van der Waals surface area contributed by atoms with Crippen LogP contribution in [-0.4, -0.2) is 29.8 Å². The highest BCUT2D eigenvalue weighted by Gasteiger charge is 2.30. The number of aryl methyl sites for hydroxylation is 1. The van der Waals surface area contributed by atoms with Gasteiger partial charge in [0.2, 0.25) is 11.8 Å². The molecular weight excluding hydrogens is 491 g/mol. The van der Waals surface area contributed by atoms with Crippen LogP contribution in [0.4, 0.5) is 0 Å². The number of nitrogens with zero attached hydrogens (tertiary/aromatic N) is 1. The molecule has 0 saturated heterocycles. The Bertz CT molecular complexity index is 1350. The highest BCUT2D eigenvalue weighted by Crippen LogP contribution is 2.25. The molecule has 4 aromatic rings. The average Bonchev–Trinajstić information content (AvgIpc) is 2.90. The first-order valence-corrected chi connectivity index (χ1v) is 12.7. The molecule has 0 saturated carbocycles. The zero-order valence-corrected chi connectivity index (χ0v) is 21.6. The number of hydrogen-bond acceptors (Lipinski definition) is 2. The zero-order valence-electron chi connectivity index (χ0n) is 20.1. The minimum absolute atomic E-state index is 0.113. The highest BCUT2D eigenvalue weighted by atomic mass is 35.5. The molecular formula is C30H28Cl2N2O2. The summed E-state index contributed by atoms with van der Waals surface area (Å²) in [7, 11) is 1.59. The fourth-order valence-electron chi connectivity index (χ4n) is 4.45. The summed E-state index contributed by atoms with van der Waals surface area (Å²) in [5.41, 5.74) is 2.81. The van der Waals surface area contributed by atoms with Gasteiger partial charge in [0.05, 0.1) is 0 Å². The first-order valence-electron chi connectivity index (χ1n) is 11.9. The van der Waals surface area contributed by atoms with Crippen LogP contribution in [0.2, 0.25) is 10.0 Å². The predicted molar refractivity (Wildman–Crippen MR) is 147 cm³/mol. The third-order valence-corrected chi connectivity index (χ3v) is 6.95. The van der Waals surface area contributed by atoms with E-state index < -0.39 is 6.04 Å². The number of amides is 2. The van der Waals surface area contributed by atoms with E-state index in [2.05, 4.69) is 29.6 Å². The third-order valence-electron chi connectivity index (χ3n) is 6.36. The molecule has 0 heterocycles. The van der Waals surface area contributed by atoms with E-state index in [9.17, 15) is 9.59 Å². The molecule has 0 aliphatic rings. The Kier molecular flexibility index (Phi) is 8.63. The Morgan fingerprint density at radius 3 is 2.33 bits per heavy atom. The highest BCUT2D eigenvalue weighted by molar-refractivity contribution is 6.35. The average molecular weight is 519 g/mol. The lowest BCUT2D eigenvalue weighted by Crippen LogP contribution is -2.49. The largest absolute Gasteiger partial charge is 0.357 e. The Balaban J connectivity index is 1.64. The molecule has 1 N–H and O–H groups in total. The SMILES string of the molecule is CNC(=O)[C@@H](Cc1ccccc1)N(Cc1ccc(Cl)cc1Cl)C(=O)CCc1cccc2ccccc12. The van der Waals surface area contributed by atoms with Crippen LogP contribution in [0, 0.1) is 0 Å². The van der Waals surface area contributed by atoms with Crippen molar-refractivity contribution in [3.63, 3.8) is 0 Å². The van der Waals surface area contributed by atoms with Gasteiger partial charge < -0.3 is 10.2 Å². The standard InChI is InChI=1S/C30H28Cl2N2O2/c1-33-30(36)28(18-21-8-3-2-4-9-21)34(20-24-14-16-25(31)19-27(24)32)29(35)17-15-23-12-7-11-22-10-5-6-13-26(22)23/h2-14,16,19,28H,15,17-18,20H2,1H3,(H,33,36)/t28-/m1/s1. The van der Waals surface area contributed by atoms with Crippen molar-refractivity contribution in [2.75, 3.05) is 7.05 Å². The number of hydrogen-bond donors (Lipinski definition) is 1. The van der Waals surface area contributed by atoms with Gasteiger partial charge in [-0.3, -0.25) is 9.59 Å². The third kappa shape index (κ3) is 6.26. The fourth-order valence-corrected chi connectivity index (χ4v) is 4.92. The summed E-state index contributed by atoms with van der Waals surface area (Å²) in [5, 5.41) is 5.99. The van der Waals surface area contributed by atoms with E-state index in [0.29, 0.717) is 22.9 Å². The molecule has 0 spiro atoms.